The first-order valence-electron chi connectivity index (χ1n) is 7.11. The summed E-state index contributed by atoms with van der Waals surface area (Å²) >= 11 is 1.47. The van der Waals surface area contributed by atoms with Crippen molar-refractivity contribution in [1.82, 2.24) is 24.3 Å². The van der Waals surface area contributed by atoms with E-state index in [1.54, 1.807) is 0 Å². The molecule has 1 N–H and O–H groups in total. The van der Waals surface area contributed by atoms with E-state index in [1.807, 2.05) is 19.1 Å². The van der Waals surface area contributed by atoms with Crippen molar-refractivity contribution < 1.29 is 0 Å². The van der Waals surface area contributed by atoms with E-state index in [0.29, 0.717) is 0 Å². The van der Waals surface area contributed by atoms with Gasteiger partial charge >= 0.3 is 0 Å². The molecule has 0 amide bonds. The highest BCUT2D eigenvalue weighted by Crippen LogP contribution is 2.18. The molecule has 110 valence electrons. The quantitative estimate of drug-likeness (QED) is 0.787. The van der Waals surface area contributed by atoms with Crippen LogP contribution >= 0.6 is 11.5 Å². The van der Waals surface area contributed by atoms with Crippen molar-refractivity contribution in [3.63, 3.8) is 0 Å². The average molecular weight is 301 g/mol. The van der Waals surface area contributed by atoms with Crippen LogP contribution in [0.1, 0.15) is 34.9 Å². The summed E-state index contributed by atoms with van der Waals surface area (Å²) in [5.41, 5.74) is 4.35. The lowest BCUT2D eigenvalue weighted by Crippen LogP contribution is -2.21. The van der Waals surface area contributed by atoms with Gasteiger partial charge in [0.25, 0.3) is 0 Å². The Morgan fingerprint density at radius 2 is 2.19 bits per heavy atom. The summed E-state index contributed by atoms with van der Waals surface area (Å²) in [6, 6.07) is 6.46. The number of nitrogens with one attached hydrogen (secondary N) is 1. The molecule has 0 bridgehead atoms. The third kappa shape index (κ3) is 2.96. The van der Waals surface area contributed by atoms with Gasteiger partial charge in [0.1, 0.15) is 5.65 Å². The molecule has 3 aromatic rings. The van der Waals surface area contributed by atoms with Crippen LogP contribution < -0.4 is 5.32 Å². The lowest BCUT2D eigenvalue weighted by Gasteiger charge is -2.11. The maximum Gasteiger partial charge on any atom is 0.137 e. The highest BCUT2D eigenvalue weighted by molar-refractivity contribution is 7.05. The molecule has 1 unspecified atom stereocenters. The summed E-state index contributed by atoms with van der Waals surface area (Å²) in [5.74, 6) is 0. The summed E-state index contributed by atoms with van der Waals surface area (Å²) in [6.07, 6.45) is 3.03. The van der Waals surface area contributed by atoms with E-state index in [4.69, 9.17) is 0 Å². The van der Waals surface area contributed by atoms with Gasteiger partial charge in [0.15, 0.2) is 0 Å². The topological polar surface area (TPSA) is 55.1 Å². The van der Waals surface area contributed by atoms with Crippen LogP contribution in [0.25, 0.3) is 5.65 Å². The Morgan fingerprint density at radius 1 is 1.33 bits per heavy atom. The van der Waals surface area contributed by atoms with Crippen molar-refractivity contribution >= 4 is 17.2 Å². The molecule has 0 aliphatic carbocycles. The second kappa shape index (κ2) is 5.91. The molecule has 21 heavy (non-hydrogen) atoms. The third-order valence-electron chi connectivity index (χ3n) is 3.66. The number of nitrogens with zero attached hydrogens (tertiary/aromatic N) is 4. The molecule has 0 fully saturated rings. The standard InChI is InChI=1S/C15H19N5S/c1-10-5-4-6-14-17-13(9-20(10)14)7-8-16-11(2)15-12(3)18-19-21-15/h4-6,9,11,16H,7-8H2,1-3H3. The van der Waals surface area contributed by atoms with Crippen LogP contribution in [0.15, 0.2) is 24.4 Å². The van der Waals surface area contributed by atoms with E-state index in [1.165, 1.54) is 22.1 Å². The van der Waals surface area contributed by atoms with Gasteiger partial charge in [-0.1, -0.05) is 10.6 Å². The van der Waals surface area contributed by atoms with E-state index in [2.05, 4.69) is 50.4 Å². The first kappa shape index (κ1) is 14.2. The minimum Gasteiger partial charge on any atom is -0.309 e. The molecule has 1 atom stereocenters. The molecule has 6 heteroatoms. The zero-order chi connectivity index (χ0) is 14.8. The highest BCUT2D eigenvalue weighted by Gasteiger charge is 2.11. The van der Waals surface area contributed by atoms with Gasteiger partial charge in [-0.15, -0.1) is 5.10 Å². The van der Waals surface area contributed by atoms with Gasteiger partial charge in [-0.05, 0) is 44.4 Å². The number of aromatic nitrogens is 4. The van der Waals surface area contributed by atoms with Crippen LogP contribution in [0.4, 0.5) is 0 Å². The van der Waals surface area contributed by atoms with Crippen LogP contribution in [0.2, 0.25) is 0 Å². The molecule has 0 radical (unpaired) electrons. The molecule has 0 saturated heterocycles. The fourth-order valence-corrected chi connectivity index (χ4v) is 3.13. The number of hydrogen-bond acceptors (Lipinski definition) is 5. The second-order valence-corrected chi connectivity index (χ2v) is 6.06. The zero-order valence-electron chi connectivity index (χ0n) is 12.5. The Kier molecular flexibility index (Phi) is 3.98. The number of pyridine rings is 1. The largest absolute Gasteiger partial charge is 0.309 e. The van der Waals surface area contributed by atoms with Crippen LogP contribution in [0.3, 0.4) is 0 Å². The summed E-state index contributed by atoms with van der Waals surface area (Å²) in [5, 5.41) is 7.57. The Balaban J connectivity index is 1.62. The minimum atomic E-state index is 0.281. The molecule has 0 aliphatic rings. The molecule has 5 nitrogen and oxygen atoms in total. The average Bonchev–Trinajstić information content (AvgIpc) is 3.05. The van der Waals surface area contributed by atoms with Crippen LogP contribution in [-0.2, 0) is 6.42 Å². The van der Waals surface area contributed by atoms with E-state index in [-0.39, 0.29) is 6.04 Å². The number of aryl methyl sites for hydroxylation is 2. The van der Waals surface area contributed by atoms with Gasteiger partial charge in [0, 0.05) is 30.9 Å². The number of imidazole rings is 1. The van der Waals surface area contributed by atoms with Crippen LogP contribution in [0, 0.1) is 13.8 Å². The molecule has 3 rings (SSSR count). The predicted molar refractivity (Wildman–Crippen MR) is 84.7 cm³/mol. The number of hydrogen-bond donors (Lipinski definition) is 1. The first-order valence-corrected chi connectivity index (χ1v) is 7.88. The van der Waals surface area contributed by atoms with Gasteiger partial charge in [-0.25, -0.2) is 4.98 Å². The summed E-state index contributed by atoms with van der Waals surface area (Å²) in [7, 11) is 0. The lowest BCUT2D eigenvalue weighted by atomic mass is 10.2. The first-order chi connectivity index (χ1) is 10.1. The highest BCUT2D eigenvalue weighted by atomic mass is 32.1. The van der Waals surface area contributed by atoms with Gasteiger partial charge in [0.2, 0.25) is 0 Å². The summed E-state index contributed by atoms with van der Waals surface area (Å²) in [6.45, 7) is 7.14. The molecule has 0 aliphatic heterocycles. The van der Waals surface area contributed by atoms with Gasteiger partial charge in [0.05, 0.1) is 16.3 Å². The molecule has 3 aromatic heterocycles. The third-order valence-corrected chi connectivity index (χ3v) is 4.67. The molecule has 0 spiro atoms. The molecular weight excluding hydrogens is 282 g/mol. The number of rotatable bonds is 5. The Labute approximate surface area is 128 Å². The van der Waals surface area contributed by atoms with Crippen molar-refractivity contribution in [2.75, 3.05) is 6.54 Å². The van der Waals surface area contributed by atoms with Gasteiger partial charge in [-0.3, -0.25) is 0 Å². The van der Waals surface area contributed by atoms with Crippen molar-refractivity contribution in [2.45, 2.75) is 33.2 Å². The summed E-state index contributed by atoms with van der Waals surface area (Å²) in [4.78, 5) is 5.86. The van der Waals surface area contributed by atoms with Crippen molar-refractivity contribution in [2.24, 2.45) is 0 Å². The van der Waals surface area contributed by atoms with Crippen molar-refractivity contribution in [1.29, 1.82) is 0 Å². The van der Waals surface area contributed by atoms with Crippen molar-refractivity contribution in [3.05, 3.63) is 46.4 Å². The molecule has 0 saturated carbocycles. The van der Waals surface area contributed by atoms with Gasteiger partial charge in [-0.2, -0.15) is 0 Å². The van der Waals surface area contributed by atoms with Crippen LogP contribution in [0.5, 0.6) is 0 Å². The molecule has 3 heterocycles. The van der Waals surface area contributed by atoms with E-state index >= 15 is 0 Å². The van der Waals surface area contributed by atoms with E-state index < -0.39 is 0 Å². The molecular formula is C15H19N5S. The second-order valence-electron chi connectivity index (χ2n) is 5.28. The SMILES string of the molecule is Cc1nnsc1C(C)NCCc1cn2c(C)cccc2n1. The fraction of sp³-hybridized carbons (Fsp3) is 0.400. The summed E-state index contributed by atoms with van der Waals surface area (Å²) < 4.78 is 6.12. The Bertz CT molecular complexity index is 745. The van der Waals surface area contributed by atoms with E-state index in [0.717, 1.165) is 30.0 Å². The van der Waals surface area contributed by atoms with Crippen molar-refractivity contribution in [3.8, 4) is 0 Å². The van der Waals surface area contributed by atoms with Crippen LogP contribution in [-0.4, -0.2) is 25.5 Å². The van der Waals surface area contributed by atoms with Gasteiger partial charge < -0.3 is 9.72 Å². The smallest absolute Gasteiger partial charge is 0.137 e. The normalized spacial score (nSPS) is 12.9. The minimum absolute atomic E-state index is 0.281. The van der Waals surface area contributed by atoms with E-state index in [9.17, 15) is 0 Å². The Morgan fingerprint density at radius 3 is 2.90 bits per heavy atom. The Hall–Kier alpha value is -1.79. The number of fused-ring (bicyclic) bond motifs is 1. The molecule has 0 aromatic carbocycles. The maximum atomic E-state index is 4.65. The zero-order valence-corrected chi connectivity index (χ0v) is 13.3. The monoisotopic (exact) mass is 301 g/mol. The predicted octanol–water partition coefficient (Wildman–Crippen LogP) is 2.70. The lowest BCUT2D eigenvalue weighted by molar-refractivity contribution is 0.579. The maximum absolute atomic E-state index is 4.65. The fourth-order valence-electron chi connectivity index (χ4n) is 2.46.